The van der Waals surface area contributed by atoms with Gasteiger partial charge in [0.1, 0.15) is 9.92 Å². The smallest absolute Gasteiger partial charge is 0.271 e. The first kappa shape index (κ1) is 13.2. The molecule has 1 unspecified atom stereocenters. The highest BCUT2D eigenvalue weighted by atomic mass is 32.2. The van der Waals surface area contributed by atoms with Crippen LogP contribution in [0, 0.1) is 5.92 Å². The molecule has 1 aliphatic carbocycles. The van der Waals surface area contributed by atoms with E-state index in [1.807, 2.05) is 0 Å². The first-order valence-electron chi connectivity index (χ1n) is 5.88. The molecule has 18 heavy (non-hydrogen) atoms. The molecule has 0 heterocycles. The standard InChI is InChI=1S/C12H17N3O2S/c13-11(8-9-6-7-9)12(16)15-18(14,17)10-4-2-1-3-5-10/h1-5,9,11H,6-8,13H2,(H2,14,15,16,17)/t11-,18?/m0/s1. The molecule has 6 heteroatoms. The number of nitrogens with zero attached hydrogens (tertiary/aromatic N) is 1. The van der Waals surface area contributed by atoms with Crippen molar-refractivity contribution < 1.29 is 9.00 Å². The quantitative estimate of drug-likeness (QED) is 0.852. The Bertz CT molecular complexity index is 546. The van der Waals surface area contributed by atoms with E-state index < -0.39 is 21.9 Å². The zero-order chi connectivity index (χ0) is 13.2. The third-order valence-corrected chi connectivity index (χ3v) is 4.31. The van der Waals surface area contributed by atoms with Gasteiger partial charge in [-0.3, -0.25) is 4.79 Å². The van der Waals surface area contributed by atoms with Gasteiger partial charge >= 0.3 is 0 Å². The molecule has 1 amide bonds. The van der Waals surface area contributed by atoms with Crippen LogP contribution in [0.5, 0.6) is 0 Å². The average molecular weight is 267 g/mol. The van der Waals surface area contributed by atoms with E-state index in [1.165, 1.54) is 0 Å². The van der Waals surface area contributed by atoms with Gasteiger partial charge in [0.15, 0.2) is 0 Å². The van der Waals surface area contributed by atoms with Gasteiger partial charge in [0.2, 0.25) is 0 Å². The fourth-order valence-electron chi connectivity index (χ4n) is 1.68. The summed E-state index contributed by atoms with van der Waals surface area (Å²) in [5.74, 6) is -0.0528. The van der Waals surface area contributed by atoms with Crippen LogP contribution in [0.4, 0.5) is 0 Å². The monoisotopic (exact) mass is 267 g/mol. The minimum Gasteiger partial charge on any atom is -0.320 e. The number of amides is 1. The Balaban J connectivity index is 2.15. The number of hydrogen-bond donors (Lipinski definition) is 2. The SMILES string of the molecule is N[C@@H](CC1CC1)C(=O)N=S(N)(=O)c1ccccc1. The summed E-state index contributed by atoms with van der Waals surface area (Å²) < 4.78 is 15.7. The highest BCUT2D eigenvalue weighted by Gasteiger charge is 2.27. The van der Waals surface area contributed by atoms with Crippen molar-refractivity contribution in [2.45, 2.75) is 30.2 Å². The van der Waals surface area contributed by atoms with Gasteiger partial charge in [-0.05, 0) is 24.5 Å². The van der Waals surface area contributed by atoms with E-state index in [1.54, 1.807) is 30.3 Å². The maximum atomic E-state index is 12.1. The van der Waals surface area contributed by atoms with E-state index in [-0.39, 0.29) is 0 Å². The molecule has 0 aromatic heterocycles. The zero-order valence-corrected chi connectivity index (χ0v) is 10.8. The Labute approximate surface area is 107 Å². The van der Waals surface area contributed by atoms with Crippen molar-refractivity contribution in [3.05, 3.63) is 30.3 Å². The topological polar surface area (TPSA) is 98.5 Å². The minimum absolute atomic E-state index is 0.344. The molecule has 0 aliphatic heterocycles. The van der Waals surface area contributed by atoms with Crippen LogP contribution in [0.15, 0.2) is 39.6 Å². The van der Waals surface area contributed by atoms with E-state index >= 15 is 0 Å². The van der Waals surface area contributed by atoms with Crippen molar-refractivity contribution in [1.82, 2.24) is 0 Å². The lowest BCUT2D eigenvalue weighted by Crippen LogP contribution is -2.31. The maximum Gasteiger partial charge on any atom is 0.271 e. The summed E-state index contributed by atoms with van der Waals surface area (Å²) in [6.07, 6.45) is 2.82. The number of nitrogens with two attached hydrogens (primary N) is 2. The predicted octanol–water partition coefficient (Wildman–Crippen LogP) is 1.04. The van der Waals surface area contributed by atoms with Crippen LogP contribution in [0.2, 0.25) is 0 Å². The van der Waals surface area contributed by atoms with Crippen LogP contribution in [-0.2, 0) is 14.7 Å². The summed E-state index contributed by atoms with van der Waals surface area (Å²) >= 11 is 0. The Morgan fingerprint density at radius 1 is 1.39 bits per heavy atom. The summed E-state index contributed by atoms with van der Waals surface area (Å²) in [6, 6.07) is 7.67. The number of carbonyl (C=O) groups excluding carboxylic acids is 1. The molecule has 5 nitrogen and oxygen atoms in total. The van der Waals surface area contributed by atoms with Crippen LogP contribution in [0.1, 0.15) is 19.3 Å². The summed E-state index contributed by atoms with van der Waals surface area (Å²) in [7, 11) is -3.17. The summed E-state index contributed by atoms with van der Waals surface area (Å²) in [6.45, 7) is 0. The summed E-state index contributed by atoms with van der Waals surface area (Å²) in [5.41, 5.74) is 5.72. The Kier molecular flexibility index (Phi) is 3.79. The van der Waals surface area contributed by atoms with E-state index in [0.29, 0.717) is 17.2 Å². The molecule has 0 radical (unpaired) electrons. The molecular formula is C12H17N3O2S. The van der Waals surface area contributed by atoms with E-state index in [4.69, 9.17) is 10.9 Å². The highest BCUT2D eigenvalue weighted by Crippen LogP contribution is 2.33. The second-order valence-corrected chi connectivity index (χ2v) is 6.39. The molecule has 2 atom stereocenters. The van der Waals surface area contributed by atoms with Crippen molar-refractivity contribution in [2.24, 2.45) is 21.2 Å². The van der Waals surface area contributed by atoms with Gasteiger partial charge in [-0.25, -0.2) is 9.35 Å². The van der Waals surface area contributed by atoms with Crippen molar-refractivity contribution in [1.29, 1.82) is 0 Å². The molecule has 1 fully saturated rings. The second-order valence-electron chi connectivity index (χ2n) is 4.60. The number of rotatable bonds is 4. The van der Waals surface area contributed by atoms with Crippen LogP contribution in [0.25, 0.3) is 0 Å². The van der Waals surface area contributed by atoms with Gasteiger partial charge in [-0.15, -0.1) is 4.36 Å². The molecule has 1 aromatic carbocycles. The fourth-order valence-corrected chi connectivity index (χ4v) is 2.74. The van der Waals surface area contributed by atoms with Crippen LogP contribution in [-0.4, -0.2) is 16.2 Å². The number of carbonyl (C=O) groups is 1. The Morgan fingerprint density at radius 3 is 2.56 bits per heavy atom. The molecule has 98 valence electrons. The first-order chi connectivity index (χ1) is 8.49. The minimum atomic E-state index is -3.17. The third kappa shape index (κ3) is 3.38. The predicted molar refractivity (Wildman–Crippen MR) is 69.8 cm³/mol. The Morgan fingerprint density at radius 2 is 2.00 bits per heavy atom. The van der Waals surface area contributed by atoms with Crippen molar-refractivity contribution in [3.63, 3.8) is 0 Å². The lowest BCUT2D eigenvalue weighted by molar-refractivity contribution is -0.119. The van der Waals surface area contributed by atoms with Gasteiger partial charge in [0.05, 0.1) is 10.9 Å². The molecular weight excluding hydrogens is 250 g/mol. The highest BCUT2D eigenvalue weighted by molar-refractivity contribution is 7.91. The van der Waals surface area contributed by atoms with Crippen molar-refractivity contribution in [3.8, 4) is 0 Å². The van der Waals surface area contributed by atoms with Gasteiger partial charge in [0, 0.05) is 0 Å². The molecule has 1 aliphatic rings. The second kappa shape index (κ2) is 5.17. The summed E-state index contributed by atoms with van der Waals surface area (Å²) in [4.78, 5) is 12.1. The normalized spacial score (nSPS) is 19.9. The first-order valence-corrected chi connectivity index (χ1v) is 7.46. The lowest BCUT2D eigenvalue weighted by Gasteiger charge is -2.08. The van der Waals surface area contributed by atoms with Gasteiger partial charge in [-0.2, -0.15) is 0 Å². The van der Waals surface area contributed by atoms with E-state index in [0.717, 1.165) is 12.8 Å². The molecule has 0 saturated heterocycles. The number of benzene rings is 1. The van der Waals surface area contributed by atoms with Crippen LogP contribution >= 0.6 is 0 Å². The summed E-state index contributed by atoms with van der Waals surface area (Å²) in [5, 5.41) is 5.61. The van der Waals surface area contributed by atoms with E-state index in [2.05, 4.69) is 4.36 Å². The van der Waals surface area contributed by atoms with Gasteiger partial charge in [-0.1, -0.05) is 31.0 Å². The molecule has 1 saturated carbocycles. The Hall–Kier alpha value is -1.24. The van der Waals surface area contributed by atoms with Crippen molar-refractivity contribution in [2.75, 3.05) is 0 Å². The molecule has 2 rings (SSSR count). The molecule has 0 spiro atoms. The molecule has 4 N–H and O–H groups in total. The fraction of sp³-hybridized carbons (Fsp3) is 0.417. The van der Waals surface area contributed by atoms with Gasteiger partial charge in [0.25, 0.3) is 5.91 Å². The van der Waals surface area contributed by atoms with Crippen molar-refractivity contribution >= 4 is 15.8 Å². The average Bonchev–Trinajstić information content (AvgIpc) is 3.13. The largest absolute Gasteiger partial charge is 0.320 e. The van der Waals surface area contributed by atoms with Crippen LogP contribution < -0.4 is 10.9 Å². The van der Waals surface area contributed by atoms with E-state index in [9.17, 15) is 9.00 Å². The number of hydrogen-bond acceptors (Lipinski definition) is 3. The third-order valence-electron chi connectivity index (χ3n) is 2.91. The molecule has 0 bridgehead atoms. The van der Waals surface area contributed by atoms with Gasteiger partial charge < -0.3 is 5.73 Å². The zero-order valence-electron chi connectivity index (χ0n) is 9.99. The maximum absolute atomic E-state index is 12.1. The molecule has 1 aromatic rings. The lowest BCUT2D eigenvalue weighted by atomic mass is 10.1. The van der Waals surface area contributed by atoms with Crippen LogP contribution in [0.3, 0.4) is 0 Å².